The first kappa shape index (κ1) is 22.5. The Kier molecular flexibility index (Phi) is 6.81. The Morgan fingerprint density at radius 3 is 2.12 bits per heavy atom. The molecule has 2 N–H and O–H groups in total. The van der Waals surface area contributed by atoms with Crippen LogP contribution in [-0.2, 0) is 16.5 Å². The first-order valence-corrected chi connectivity index (χ1v) is 9.12. The van der Waals surface area contributed by atoms with Crippen LogP contribution in [0.1, 0.15) is 39.7 Å². The number of benzene rings is 1. The fraction of sp³-hybridized carbons (Fsp3) is 0.600. The van der Waals surface area contributed by atoms with Crippen LogP contribution in [0.3, 0.4) is 0 Å². The lowest BCUT2D eigenvalue weighted by molar-refractivity contribution is -0.209. The van der Waals surface area contributed by atoms with Gasteiger partial charge in [-0.05, 0) is 49.7 Å². The third-order valence-corrected chi connectivity index (χ3v) is 5.81. The summed E-state index contributed by atoms with van der Waals surface area (Å²) in [4.78, 5) is 0. The monoisotopic (exact) mass is 451 g/mol. The molecule has 0 fully saturated rings. The number of hydrogen-bond donors (Lipinski definition) is 2. The molecule has 0 aliphatic heterocycles. The Balaban J connectivity index is 3.42. The van der Waals surface area contributed by atoms with E-state index in [1.54, 1.807) is 20.8 Å². The van der Waals surface area contributed by atoms with Crippen LogP contribution in [-0.4, -0.2) is 26.3 Å². The average Bonchev–Trinajstić information content (AvgIpc) is 2.40. The van der Waals surface area contributed by atoms with Gasteiger partial charge >= 0.3 is 6.18 Å². The van der Waals surface area contributed by atoms with Crippen molar-refractivity contribution in [2.45, 2.75) is 56.7 Å². The topological polar surface area (TPSA) is 49.3 Å². The van der Waals surface area contributed by atoms with Gasteiger partial charge in [-0.15, -0.1) is 0 Å². The molecule has 0 aliphatic rings. The molecule has 144 valence electrons. The highest BCUT2D eigenvalue weighted by Gasteiger charge is 2.45. The van der Waals surface area contributed by atoms with Gasteiger partial charge in [0, 0.05) is 18.1 Å². The second-order valence-electron chi connectivity index (χ2n) is 6.82. The third-order valence-electron chi connectivity index (χ3n) is 3.46. The zero-order valence-corrected chi connectivity index (χ0v) is 16.4. The predicted molar refractivity (Wildman–Crippen MR) is 89.1 cm³/mol. The third kappa shape index (κ3) is 5.70. The van der Waals surface area contributed by atoms with E-state index < -0.39 is 51.6 Å². The minimum Gasteiger partial charge on any atom is -0.384 e. The van der Waals surface area contributed by atoms with Crippen LogP contribution in [0, 0.1) is 11.6 Å². The van der Waals surface area contributed by atoms with Crippen molar-refractivity contribution in [2.75, 3.05) is 0 Å². The normalized spacial score (nSPS) is 17.9. The summed E-state index contributed by atoms with van der Waals surface area (Å²) in [5.74, 6) is -2.05. The standard InChI is InChI=1S/C15H19BrF5NO2S/c1-13(2,3)25(24)22-14(4,7-12(23)15(19,20)21)8-5-9(16)11(18)6-10(8)17/h5-6,12,22-23H,7H2,1-4H3/t12-,14-,25-/m0/s1. The Morgan fingerprint density at radius 2 is 1.68 bits per heavy atom. The number of alkyl halides is 3. The summed E-state index contributed by atoms with van der Waals surface area (Å²) in [6.45, 7) is 5.91. The van der Waals surface area contributed by atoms with Crippen LogP contribution in [0.25, 0.3) is 0 Å². The molecule has 1 aromatic rings. The van der Waals surface area contributed by atoms with Crippen molar-refractivity contribution >= 4 is 26.9 Å². The number of aliphatic hydroxyl groups is 1. The van der Waals surface area contributed by atoms with E-state index >= 15 is 0 Å². The molecule has 0 saturated heterocycles. The Labute approximate surface area is 153 Å². The van der Waals surface area contributed by atoms with Gasteiger partial charge in [-0.25, -0.2) is 17.7 Å². The van der Waals surface area contributed by atoms with Gasteiger partial charge in [0.1, 0.15) is 11.6 Å². The number of hydrogen-bond acceptors (Lipinski definition) is 2. The van der Waals surface area contributed by atoms with Gasteiger partial charge in [-0.1, -0.05) is 0 Å². The molecule has 3 nitrogen and oxygen atoms in total. The van der Waals surface area contributed by atoms with Crippen LogP contribution in [0.5, 0.6) is 0 Å². The lowest BCUT2D eigenvalue weighted by Crippen LogP contribution is -2.50. The SMILES string of the molecule is CC(C)(C)[S@](=O)N[C@@](C)(C[C@H](O)C(F)(F)F)c1cc(Br)c(F)cc1F. The van der Waals surface area contributed by atoms with E-state index in [0.29, 0.717) is 6.07 Å². The smallest absolute Gasteiger partial charge is 0.384 e. The Bertz CT molecular complexity index is 663. The first-order chi connectivity index (χ1) is 11.1. The van der Waals surface area contributed by atoms with Gasteiger partial charge < -0.3 is 5.11 Å². The number of rotatable bonds is 5. The molecule has 0 amide bonds. The number of aliphatic hydroxyl groups excluding tert-OH is 1. The molecule has 0 bridgehead atoms. The van der Waals surface area contributed by atoms with Crippen LogP contribution in [0.4, 0.5) is 22.0 Å². The van der Waals surface area contributed by atoms with Gasteiger partial charge in [0.2, 0.25) is 0 Å². The highest BCUT2D eigenvalue weighted by Crippen LogP contribution is 2.36. The Morgan fingerprint density at radius 1 is 1.16 bits per heavy atom. The molecule has 3 atom stereocenters. The summed E-state index contributed by atoms with van der Waals surface area (Å²) in [6.07, 6.45) is -8.74. The predicted octanol–water partition coefficient (Wildman–Crippen LogP) is 4.31. The van der Waals surface area contributed by atoms with Gasteiger partial charge in [-0.3, -0.25) is 0 Å². The molecule has 0 heterocycles. The minimum atomic E-state index is -4.94. The lowest BCUT2D eigenvalue weighted by atomic mass is 9.86. The fourth-order valence-corrected chi connectivity index (χ4v) is 3.26. The molecule has 10 heteroatoms. The maximum atomic E-state index is 14.3. The van der Waals surface area contributed by atoms with E-state index in [-0.39, 0.29) is 10.0 Å². The molecule has 1 aromatic carbocycles. The van der Waals surface area contributed by atoms with E-state index in [9.17, 15) is 31.3 Å². The molecule has 1 rings (SSSR count). The van der Waals surface area contributed by atoms with Crippen molar-refractivity contribution in [3.8, 4) is 0 Å². The number of nitrogens with one attached hydrogen (secondary N) is 1. The van der Waals surface area contributed by atoms with Crippen molar-refractivity contribution in [1.29, 1.82) is 0 Å². The lowest BCUT2D eigenvalue weighted by Gasteiger charge is -2.36. The number of halogens is 6. The zero-order valence-electron chi connectivity index (χ0n) is 14.0. The molecular weight excluding hydrogens is 433 g/mol. The molecule has 0 aromatic heterocycles. The summed E-state index contributed by atoms with van der Waals surface area (Å²) in [5.41, 5.74) is -2.21. The van der Waals surface area contributed by atoms with Crippen molar-refractivity contribution < 1.29 is 31.3 Å². The van der Waals surface area contributed by atoms with E-state index in [4.69, 9.17) is 0 Å². The van der Waals surface area contributed by atoms with Crippen LogP contribution >= 0.6 is 15.9 Å². The molecule has 0 saturated carbocycles. The first-order valence-electron chi connectivity index (χ1n) is 7.17. The maximum absolute atomic E-state index is 14.3. The molecule has 0 aliphatic carbocycles. The highest BCUT2D eigenvalue weighted by atomic mass is 79.9. The molecular formula is C15H19BrF5NO2S. The molecule has 25 heavy (non-hydrogen) atoms. The Hall–Kier alpha value is -0.580. The van der Waals surface area contributed by atoms with E-state index in [2.05, 4.69) is 20.7 Å². The zero-order chi connectivity index (χ0) is 19.8. The maximum Gasteiger partial charge on any atom is 0.414 e. The van der Waals surface area contributed by atoms with Crippen LogP contribution in [0.2, 0.25) is 0 Å². The van der Waals surface area contributed by atoms with Gasteiger partial charge in [0.25, 0.3) is 0 Å². The summed E-state index contributed by atoms with van der Waals surface area (Å²) < 4.78 is 79.9. The second-order valence-corrected chi connectivity index (χ2v) is 9.64. The fourth-order valence-electron chi connectivity index (χ4n) is 2.01. The van der Waals surface area contributed by atoms with E-state index in [1.807, 2.05) is 0 Å². The quantitative estimate of drug-likeness (QED) is 0.517. The summed E-state index contributed by atoms with van der Waals surface area (Å²) in [7, 11) is -1.87. The van der Waals surface area contributed by atoms with Crippen LogP contribution < -0.4 is 4.72 Å². The summed E-state index contributed by atoms with van der Waals surface area (Å²) in [6, 6.07) is 1.49. The van der Waals surface area contributed by atoms with Gasteiger partial charge in [0.05, 0.1) is 25.7 Å². The molecule has 0 spiro atoms. The van der Waals surface area contributed by atoms with E-state index in [0.717, 1.165) is 6.07 Å². The van der Waals surface area contributed by atoms with Gasteiger partial charge in [0.15, 0.2) is 6.10 Å². The van der Waals surface area contributed by atoms with E-state index in [1.165, 1.54) is 6.92 Å². The van der Waals surface area contributed by atoms with Crippen molar-refractivity contribution in [2.24, 2.45) is 0 Å². The highest BCUT2D eigenvalue weighted by molar-refractivity contribution is 9.10. The largest absolute Gasteiger partial charge is 0.414 e. The second kappa shape index (κ2) is 7.58. The van der Waals surface area contributed by atoms with Crippen molar-refractivity contribution in [3.63, 3.8) is 0 Å². The van der Waals surface area contributed by atoms with Crippen LogP contribution in [0.15, 0.2) is 16.6 Å². The minimum absolute atomic E-state index is 0.167. The molecule has 0 unspecified atom stereocenters. The van der Waals surface area contributed by atoms with Crippen molar-refractivity contribution in [1.82, 2.24) is 4.72 Å². The summed E-state index contributed by atoms with van der Waals surface area (Å²) >= 11 is 2.85. The molecule has 0 radical (unpaired) electrons. The van der Waals surface area contributed by atoms with Crippen molar-refractivity contribution in [3.05, 3.63) is 33.8 Å². The summed E-state index contributed by atoms with van der Waals surface area (Å²) in [5, 5.41) is 9.44. The van der Waals surface area contributed by atoms with Gasteiger partial charge in [-0.2, -0.15) is 13.2 Å². The average molecular weight is 452 g/mol.